The van der Waals surface area contributed by atoms with Crippen LogP contribution in [0.15, 0.2) is 46.9 Å². The molecule has 0 saturated carbocycles. The molecule has 0 N–H and O–H groups in total. The molecule has 3 aromatic rings. The van der Waals surface area contributed by atoms with Gasteiger partial charge in [0.05, 0.1) is 39.0 Å². The molecule has 0 aliphatic carbocycles. The second kappa shape index (κ2) is 9.95. The summed E-state index contributed by atoms with van der Waals surface area (Å²) in [5, 5.41) is 7.72. The van der Waals surface area contributed by atoms with Crippen molar-refractivity contribution in [2.24, 2.45) is 0 Å². The molecular formula is C27H28F2N4O5. The lowest BCUT2D eigenvalue weighted by Crippen LogP contribution is -2.58. The van der Waals surface area contributed by atoms with E-state index in [1.165, 1.54) is 37.1 Å². The molecule has 3 aliphatic rings. The van der Waals surface area contributed by atoms with Gasteiger partial charge in [0.25, 0.3) is 6.43 Å². The Bertz CT molecular complexity index is 1310. The maximum absolute atomic E-state index is 12.8. The molecule has 1 aromatic heterocycles. The van der Waals surface area contributed by atoms with Gasteiger partial charge in [0.15, 0.2) is 0 Å². The van der Waals surface area contributed by atoms with E-state index in [9.17, 15) is 13.6 Å². The molecule has 38 heavy (non-hydrogen) atoms. The quantitative estimate of drug-likeness (QED) is 0.436. The number of ether oxygens (including phenoxy) is 3. The van der Waals surface area contributed by atoms with Crippen LogP contribution in [0.2, 0.25) is 0 Å². The first-order valence-electron chi connectivity index (χ1n) is 12.6. The number of carbonyl (C=O) groups excluding carboxylic acids is 1. The first-order valence-corrected chi connectivity index (χ1v) is 12.6. The summed E-state index contributed by atoms with van der Waals surface area (Å²) in [5.74, 6) is 0.994. The molecule has 11 heteroatoms. The highest BCUT2D eigenvalue weighted by Gasteiger charge is 2.47. The van der Waals surface area contributed by atoms with E-state index in [1.807, 2.05) is 18.2 Å². The second-order valence-electron chi connectivity index (χ2n) is 10.0. The van der Waals surface area contributed by atoms with E-state index >= 15 is 0 Å². The van der Waals surface area contributed by atoms with Crippen LogP contribution in [-0.4, -0.2) is 77.5 Å². The minimum atomic E-state index is -2.56. The molecule has 0 unspecified atom stereocenters. The summed E-state index contributed by atoms with van der Waals surface area (Å²) in [6.45, 7) is 4.21. The van der Waals surface area contributed by atoms with Gasteiger partial charge >= 0.3 is 11.8 Å². The normalized spacial score (nSPS) is 19.0. The van der Waals surface area contributed by atoms with Crippen LogP contribution < -0.4 is 9.47 Å². The fourth-order valence-corrected chi connectivity index (χ4v) is 5.24. The Labute approximate surface area is 218 Å². The number of amides is 1. The zero-order chi connectivity index (χ0) is 26.3. The average Bonchev–Trinajstić information content (AvgIpc) is 3.54. The van der Waals surface area contributed by atoms with Gasteiger partial charge in [0.2, 0.25) is 5.89 Å². The summed E-state index contributed by atoms with van der Waals surface area (Å²) in [6, 6.07) is 11.4. The summed E-state index contributed by atoms with van der Waals surface area (Å²) in [6.07, 6.45) is -0.377. The summed E-state index contributed by atoms with van der Waals surface area (Å²) in [5.41, 5.74) is 1.64. The molecule has 3 fully saturated rings. The first-order chi connectivity index (χ1) is 18.4. The molecule has 4 heterocycles. The van der Waals surface area contributed by atoms with E-state index in [2.05, 4.69) is 15.1 Å². The highest BCUT2D eigenvalue weighted by Crippen LogP contribution is 2.38. The molecule has 1 spiro atoms. The largest absolute Gasteiger partial charge is 0.496 e. The molecular weight excluding hydrogens is 498 g/mol. The number of alkyl halides is 2. The summed E-state index contributed by atoms with van der Waals surface area (Å²) >= 11 is 0. The van der Waals surface area contributed by atoms with Crippen LogP contribution in [0, 0.1) is 0 Å². The third kappa shape index (κ3) is 4.60. The van der Waals surface area contributed by atoms with Crippen molar-refractivity contribution in [3.05, 3.63) is 59.5 Å². The number of nitrogens with zero attached hydrogens (tertiary/aromatic N) is 4. The zero-order valence-corrected chi connectivity index (χ0v) is 20.9. The molecule has 200 valence electrons. The number of methoxy groups -OCH3 is 1. The highest BCUT2D eigenvalue weighted by molar-refractivity contribution is 5.90. The smallest absolute Gasteiger partial charge is 0.311 e. The maximum Gasteiger partial charge on any atom is 0.311 e. The van der Waals surface area contributed by atoms with E-state index in [0.717, 1.165) is 37.6 Å². The molecule has 0 radical (unpaired) electrons. The predicted octanol–water partition coefficient (Wildman–Crippen LogP) is 3.95. The number of carbonyl (C=O) groups is 1. The van der Waals surface area contributed by atoms with Gasteiger partial charge in [-0.3, -0.25) is 9.69 Å². The van der Waals surface area contributed by atoms with Gasteiger partial charge < -0.3 is 23.5 Å². The van der Waals surface area contributed by atoms with Crippen LogP contribution in [0.5, 0.6) is 11.5 Å². The molecule has 0 bridgehead atoms. The lowest BCUT2D eigenvalue weighted by molar-refractivity contribution is -0.125. The number of aromatic nitrogens is 2. The summed E-state index contributed by atoms with van der Waals surface area (Å²) in [7, 11) is 1.66. The monoisotopic (exact) mass is 526 g/mol. The van der Waals surface area contributed by atoms with Crippen LogP contribution in [-0.2, 0) is 11.3 Å². The van der Waals surface area contributed by atoms with Gasteiger partial charge in [0.1, 0.15) is 17.6 Å². The van der Waals surface area contributed by atoms with Crippen molar-refractivity contribution in [1.29, 1.82) is 0 Å². The Morgan fingerprint density at radius 1 is 1.16 bits per heavy atom. The number of hydrogen-bond acceptors (Lipinski definition) is 8. The highest BCUT2D eigenvalue weighted by atomic mass is 19.3. The van der Waals surface area contributed by atoms with Crippen molar-refractivity contribution in [3.63, 3.8) is 0 Å². The fourth-order valence-electron chi connectivity index (χ4n) is 5.24. The Hall–Kier alpha value is -3.57. The molecule has 0 atom stereocenters. The lowest BCUT2D eigenvalue weighted by Gasteiger charge is -2.45. The Morgan fingerprint density at radius 3 is 2.63 bits per heavy atom. The minimum Gasteiger partial charge on any atom is -0.496 e. The maximum atomic E-state index is 12.8. The van der Waals surface area contributed by atoms with E-state index in [4.69, 9.17) is 18.6 Å². The third-order valence-electron chi connectivity index (χ3n) is 7.56. The molecule has 2 aromatic carbocycles. The standard InChI is InChI=1S/C27H28F2N4O5/c1-35-22-11-20(8-7-19(22)12-33-10-2-9-27(33)15-36-16-27)37-21-13-32(14-21)26(34)25-31-30-24(38-25)18-5-3-17(4-6-18)23(28)29/h3-8,11,21,23H,2,9-10,12-16H2,1H3. The van der Waals surface area contributed by atoms with Crippen molar-refractivity contribution in [2.75, 3.05) is 40.0 Å². The van der Waals surface area contributed by atoms with Crippen molar-refractivity contribution in [2.45, 2.75) is 37.5 Å². The molecule has 3 aliphatic heterocycles. The van der Waals surface area contributed by atoms with Crippen molar-refractivity contribution < 1.29 is 32.2 Å². The Balaban J connectivity index is 1.04. The van der Waals surface area contributed by atoms with Gasteiger partial charge in [-0.2, -0.15) is 0 Å². The fraction of sp³-hybridized carbons (Fsp3) is 0.444. The number of rotatable bonds is 8. The number of likely N-dealkylation sites (tertiary alicyclic amines) is 2. The van der Waals surface area contributed by atoms with E-state index in [0.29, 0.717) is 24.4 Å². The van der Waals surface area contributed by atoms with Crippen LogP contribution in [0.25, 0.3) is 11.5 Å². The van der Waals surface area contributed by atoms with Crippen molar-refractivity contribution >= 4 is 5.91 Å². The van der Waals surface area contributed by atoms with Gasteiger partial charge in [-0.1, -0.05) is 18.2 Å². The lowest BCUT2D eigenvalue weighted by atomic mass is 9.93. The van der Waals surface area contributed by atoms with Crippen molar-refractivity contribution in [1.82, 2.24) is 20.0 Å². The number of halogens is 2. The predicted molar refractivity (Wildman–Crippen MR) is 131 cm³/mol. The van der Waals surface area contributed by atoms with E-state index in [-0.39, 0.29) is 29.0 Å². The molecule has 9 nitrogen and oxygen atoms in total. The number of benzene rings is 2. The topological polar surface area (TPSA) is 90.2 Å². The first kappa shape index (κ1) is 24.7. The SMILES string of the molecule is COc1cc(OC2CN(C(=O)c3nnc(-c4ccc(C(F)F)cc4)o3)C2)ccc1CN1CCCC12COC2. The molecule has 1 amide bonds. The summed E-state index contributed by atoms with van der Waals surface area (Å²) < 4.78 is 48.2. The third-order valence-corrected chi connectivity index (χ3v) is 7.56. The molecule has 3 saturated heterocycles. The van der Waals surface area contributed by atoms with Crippen LogP contribution in [0.1, 0.15) is 41.1 Å². The van der Waals surface area contributed by atoms with Crippen LogP contribution >= 0.6 is 0 Å². The van der Waals surface area contributed by atoms with Crippen LogP contribution in [0.3, 0.4) is 0 Å². The zero-order valence-electron chi connectivity index (χ0n) is 20.9. The van der Waals surface area contributed by atoms with E-state index in [1.54, 1.807) is 12.0 Å². The van der Waals surface area contributed by atoms with Crippen LogP contribution in [0.4, 0.5) is 8.78 Å². The summed E-state index contributed by atoms with van der Waals surface area (Å²) in [4.78, 5) is 16.8. The number of hydrogen-bond donors (Lipinski definition) is 0. The van der Waals surface area contributed by atoms with Gasteiger partial charge in [-0.05, 0) is 37.6 Å². The van der Waals surface area contributed by atoms with E-state index < -0.39 is 12.3 Å². The van der Waals surface area contributed by atoms with Gasteiger partial charge in [0, 0.05) is 29.3 Å². The van der Waals surface area contributed by atoms with Gasteiger partial charge in [-0.25, -0.2) is 8.78 Å². The average molecular weight is 527 g/mol. The Morgan fingerprint density at radius 2 is 1.95 bits per heavy atom. The Kier molecular flexibility index (Phi) is 6.48. The molecule has 6 rings (SSSR count). The minimum absolute atomic E-state index is 0.0966. The second-order valence-corrected chi connectivity index (χ2v) is 10.0. The van der Waals surface area contributed by atoms with Gasteiger partial charge in [-0.15, -0.1) is 10.2 Å². The van der Waals surface area contributed by atoms with Crippen molar-refractivity contribution in [3.8, 4) is 23.0 Å².